The summed E-state index contributed by atoms with van der Waals surface area (Å²) in [5, 5.41) is 16.2. The molecule has 1 atom stereocenters. The second-order valence-corrected chi connectivity index (χ2v) is 7.81. The fourth-order valence-electron chi connectivity index (χ4n) is 4.03. The molecule has 1 fully saturated rings. The van der Waals surface area contributed by atoms with E-state index in [2.05, 4.69) is 47.7 Å². The number of aliphatic imine (C=N–C) groups is 1. The Morgan fingerprint density at radius 3 is 3.00 bits per heavy atom. The highest BCUT2D eigenvalue weighted by atomic mass is 16.5. The number of anilines is 1. The van der Waals surface area contributed by atoms with Crippen LogP contribution in [0.2, 0.25) is 0 Å². The van der Waals surface area contributed by atoms with E-state index in [-0.39, 0.29) is 12.0 Å². The van der Waals surface area contributed by atoms with Gasteiger partial charge < -0.3 is 25.4 Å². The van der Waals surface area contributed by atoms with Crippen LogP contribution in [0.5, 0.6) is 0 Å². The summed E-state index contributed by atoms with van der Waals surface area (Å²) in [6, 6.07) is 6.72. The zero-order chi connectivity index (χ0) is 19.1. The zero-order valence-corrected chi connectivity index (χ0v) is 16.8. The van der Waals surface area contributed by atoms with Crippen LogP contribution in [-0.4, -0.2) is 57.6 Å². The van der Waals surface area contributed by atoms with Gasteiger partial charge in [0.2, 0.25) is 0 Å². The topological polar surface area (TPSA) is 69.1 Å². The molecule has 2 aliphatic rings. The number of aliphatic hydroxyl groups excluding tert-OH is 1. The summed E-state index contributed by atoms with van der Waals surface area (Å²) in [7, 11) is 2.16. The van der Waals surface area contributed by atoms with Crippen LogP contribution < -0.4 is 15.5 Å². The maximum Gasteiger partial charge on any atom is 0.191 e. The quantitative estimate of drug-likeness (QED) is 0.502. The Labute approximate surface area is 163 Å². The van der Waals surface area contributed by atoms with Gasteiger partial charge >= 0.3 is 0 Å². The molecular formula is C21H34N4O2. The Morgan fingerprint density at radius 2 is 2.26 bits per heavy atom. The lowest BCUT2D eigenvalue weighted by Crippen LogP contribution is -2.44. The van der Waals surface area contributed by atoms with Crippen LogP contribution in [0.25, 0.3) is 0 Å². The third kappa shape index (κ3) is 5.14. The van der Waals surface area contributed by atoms with Crippen molar-refractivity contribution >= 4 is 11.6 Å². The molecule has 0 spiro atoms. The van der Waals surface area contributed by atoms with E-state index in [1.165, 1.54) is 23.2 Å². The molecule has 3 rings (SSSR count). The molecule has 0 aliphatic carbocycles. The highest BCUT2D eigenvalue weighted by molar-refractivity contribution is 5.79. The van der Waals surface area contributed by atoms with Gasteiger partial charge in [-0.15, -0.1) is 0 Å². The molecule has 6 nitrogen and oxygen atoms in total. The average Bonchev–Trinajstić information content (AvgIpc) is 3.13. The van der Waals surface area contributed by atoms with Crippen LogP contribution in [0.4, 0.5) is 5.69 Å². The first-order valence-corrected chi connectivity index (χ1v) is 10.2. The Morgan fingerprint density at radius 1 is 1.37 bits per heavy atom. The van der Waals surface area contributed by atoms with Gasteiger partial charge in [0.15, 0.2) is 5.96 Å². The minimum atomic E-state index is 0.0152. The Hall–Kier alpha value is -1.79. The average molecular weight is 375 g/mol. The zero-order valence-electron chi connectivity index (χ0n) is 16.8. The lowest BCUT2D eigenvalue weighted by atomic mass is 9.84. The van der Waals surface area contributed by atoms with Crippen LogP contribution in [0.3, 0.4) is 0 Å². The Balaban J connectivity index is 1.63. The Bertz CT molecular complexity index is 641. The van der Waals surface area contributed by atoms with Gasteiger partial charge in [0, 0.05) is 51.0 Å². The van der Waals surface area contributed by atoms with E-state index in [0.29, 0.717) is 13.2 Å². The molecule has 150 valence electrons. The van der Waals surface area contributed by atoms with Crippen molar-refractivity contribution in [3.05, 3.63) is 29.3 Å². The molecule has 2 heterocycles. The molecular weight excluding hydrogens is 340 g/mol. The maximum atomic E-state index is 9.40. The van der Waals surface area contributed by atoms with Crippen molar-refractivity contribution in [3.63, 3.8) is 0 Å². The third-order valence-corrected chi connectivity index (χ3v) is 5.72. The van der Waals surface area contributed by atoms with Crippen molar-refractivity contribution in [1.82, 2.24) is 10.6 Å². The van der Waals surface area contributed by atoms with Crippen LogP contribution in [0.1, 0.15) is 37.3 Å². The molecule has 6 heteroatoms. The first-order chi connectivity index (χ1) is 13.2. The van der Waals surface area contributed by atoms with Gasteiger partial charge in [-0.3, -0.25) is 0 Å². The highest BCUT2D eigenvalue weighted by Crippen LogP contribution is 2.31. The second kappa shape index (κ2) is 9.42. The van der Waals surface area contributed by atoms with Gasteiger partial charge in [0.25, 0.3) is 0 Å². The standard InChI is InChI=1S/C21H34N4O2/c1-3-22-20(24-15-21(8-11-26)9-12-27-16-21)23-14-17-6-7-19-18(13-17)5-4-10-25(19)2/h6-7,13,26H,3-5,8-12,14-16H2,1-2H3,(H2,22,23,24). The number of hydrogen-bond acceptors (Lipinski definition) is 4. The summed E-state index contributed by atoms with van der Waals surface area (Å²) in [4.78, 5) is 7.12. The summed E-state index contributed by atoms with van der Waals surface area (Å²) in [6.45, 7) is 7.15. The number of hydrogen-bond donors (Lipinski definition) is 3. The number of rotatable bonds is 7. The van der Waals surface area contributed by atoms with E-state index in [1.807, 2.05) is 0 Å². The number of aliphatic hydroxyl groups is 1. The molecule has 1 unspecified atom stereocenters. The van der Waals surface area contributed by atoms with E-state index in [1.54, 1.807) is 0 Å². The largest absolute Gasteiger partial charge is 0.396 e. The fraction of sp³-hybridized carbons (Fsp3) is 0.667. The molecule has 0 aromatic heterocycles. The van der Waals surface area contributed by atoms with Crippen molar-refractivity contribution < 1.29 is 9.84 Å². The fourth-order valence-corrected chi connectivity index (χ4v) is 4.03. The summed E-state index contributed by atoms with van der Waals surface area (Å²) in [6.07, 6.45) is 4.12. The van der Waals surface area contributed by atoms with E-state index in [9.17, 15) is 5.11 Å². The molecule has 2 aliphatic heterocycles. The number of nitrogens with zero attached hydrogens (tertiary/aromatic N) is 2. The molecule has 3 N–H and O–H groups in total. The summed E-state index contributed by atoms with van der Waals surface area (Å²) < 4.78 is 5.58. The van der Waals surface area contributed by atoms with Crippen molar-refractivity contribution in [2.24, 2.45) is 10.4 Å². The predicted molar refractivity (Wildman–Crippen MR) is 110 cm³/mol. The number of aryl methyl sites for hydroxylation is 1. The number of benzene rings is 1. The van der Waals surface area contributed by atoms with E-state index in [0.717, 1.165) is 51.5 Å². The van der Waals surface area contributed by atoms with Gasteiger partial charge in [0.05, 0.1) is 13.2 Å². The van der Waals surface area contributed by atoms with E-state index >= 15 is 0 Å². The van der Waals surface area contributed by atoms with Gasteiger partial charge in [0.1, 0.15) is 0 Å². The molecule has 0 saturated carbocycles. The molecule has 27 heavy (non-hydrogen) atoms. The lowest BCUT2D eigenvalue weighted by Gasteiger charge is -2.28. The first-order valence-electron chi connectivity index (χ1n) is 10.2. The van der Waals surface area contributed by atoms with Crippen LogP contribution in [-0.2, 0) is 17.7 Å². The maximum absolute atomic E-state index is 9.40. The number of guanidine groups is 1. The monoisotopic (exact) mass is 374 g/mol. The van der Waals surface area contributed by atoms with Crippen molar-refractivity contribution in [2.45, 2.75) is 39.2 Å². The molecule has 0 radical (unpaired) electrons. The second-order valence-electron chi connectivity index (χ2n) is 7.81. The first kappa shape index (κ1) is 20.0. The van der Waals surface area contributed by atoms with Crippen LogP contribution >= 0.6 is 0 Å². The lowest BCUT2D eigenvalue weighted by molar-refractivity contribution is 0.127. The smallest absolute Gasteiger partial charge is 0.191 e. The predicted octanol–water partition coefficient (Wildman–Crippen LogP) is 1.91. The summed E-state index contributed by atoms with van der Waals surface area (Å²) >= 11 is 0. The van der Waals surface area contributed by atoms with E-state index < -0.39 is 0 Å². The Kier molecular flexibility index (Phi) is 6.96. The van der Waals surface area contributed by atoms with Gasteiger partial charge in [-0.1, -0.05) is 12.1 Å². The van der Waals surface area contributed by atoms with Crippen molar-refractivity contribution in [1.29, 1.82) is 0 Å². The number of ether oxygens (including phenoxy) is 1. The highest BCUT2D eigenvalue weighted by Gasteiger charge is 2.34. The normalized spacial score (nSPS) is 22.6. The third-order valence-electron chi connectivity index (χ3n) is 5.72. The van der Waals surface area contributed by atoms with Gasteiger partial charge in [-0.05, 0) is 49.8 Å². The molecule has 0 amide bonds. The molecule has 1 aromatic rings. The summed E-state index contributed by atoms with van der Waals surface area (Å²) in [5.74, 6) is 0.830. The number of fused-ring (bicyclic) bond motifs is 1. The van der Waals surface area contributed by atoms with E-state index in [4.69, 9.17) is 9.73 Å². The summed E-state index contributed by atoms with van der Waals surface area (Å²) in [5.41, 5.74) is 4.04. The van der Waals surface area contributed by atoms with Crippen molar-refractivity contribution in [3.8, 4) is 0 Å². The van der Waals surface area contributed by atoms with Crippen LogP contribution in [0, 0.1) is 5.41 Å². The molecule has 1 saturated heterocycles. The van der Waals surface area contributed by atoms with Crippen molar-refractivity contribution in [2.75, 3.05) is 51.4 Å². The minimum absolute atomic E-state index is 0.0152. The SMILES string of the molecule is CCNC(=NCc1ccc2c(c1)CCCN2C)NCC1(CCO)CCOC1. The minimum Gasteiger partial charge on any atom is -0.396 e. The van der Waals surface area contributed by atoms with Crippen LogP contribution in [0.15, 0.2) is 23.2 Å². The number of nitrogens with one attached hydrogen (secondary N) is 2. The molecule has 0 bridgehead atoms. The van der Waals surface area contributed by atoms with Gasteiger partial charge in [-0.25, -0.2) is 4.99 Å². The van der Waals surface area contributed by atoms with Gasteiger partial charge in [-0.2, -0.15) is 0 Å². The molecule has 1 aromatic carbocycles.